The van der Waals surface area contributed by atoms with Gasteiger partial charge < -0.3 is 5.32 Å². The van der Waals surface area contributed by atoms with E-state index in [1.807, 2.05) is 54.5 Å². The molecule has 0 spiro atoms. The van der Waals surface area contributed by atoms with Gasteiger partial charge in [0.2, 0.25) is 5.91 Å². The average molecular weight is 430 g/mol. The van der Waals surface area contributed by atoms with Crippen LogP contribution in [0.25, 0.3) is 0 Å². The van der Waals surface area contributed by atoms with E-state index in [0.29, 0.717) is 18.9 Å². The van der Waals surface area contributed by atoms with Gasteiger partial charge in [-0.1, -0.05) is 31.2 Å². The van der Waals surface area contributed by atoms with E-state index in [2.05, 4.69) is 50.5 Å². The first-order valence-corrected chi connectivity index (χ1v) is 9.72. The minimum absolute atomic E-state index is 0.0696. The Labute approximate surface area is 167 Å². The summed E-state index contributed by atoms with van der Waals surface area (Å²) in [6, 6.07) is 10.0. The predicted molar refractivity (Wildman–Crippen MR) is 110 cm³/mol. The van der Waals surface area contributed by atoms with Gasteiger partial charge in [-0.15, -0.1) is 0 Å². The van der Waals surface area contributed by atoms with Crippen LogP contribution in [-0.4, -0.2) is 25.5 Å². The first-order valence-electron chi connectivity index (χ1n) is 8.93. The van der Waals surface area contributed by atoms with Crippen molar-refractivity contribution in [2.75, 3.05) is 5.32 Å². The number of hydrogen-bond donors (Lipinski definition) is 1. The smallest absolute Gasteiger partial charge is 0.230 e. The Balaban J connectivity index is 1.61. The molecule has 3 rings (SSSR count). The third kappa shape index (κ3) is 4.47. The Bertz CT molecular complexity index is 959. The summed E-state index contributed by atoms with van der Waals surface area (Å²) in [5.41, 5.74) is 4.38. The minimum Gasteiger partial charge on any atom is -0.309 e. The second-order valence-electron chi connectivity index (χ2n) is 6.88. The number of anilines is 1. The van der Waals surface area contributed by atoms with Gasteiger partial charge in [-0.3, -0.25) is 14.2 Å². The topological polar surface area (TPSA) is 64.7 Å². The summed E-state index contributed by atoms with van der Waals surface area (Å²) in [4.78, 5) is 12.5. The summed E-state index contributed by atoms with van der Waals surface area (Å²) >= 11 is 3.52. The third-order valence-corrected chi connectivity index (χ3v) is 5.82. The molecule has 3 aromatic rings. The van der Waals surface area contributed by atoms with Crippen LogP contribution in [0.4, 0.5) is 5.82 Å². The number of aromatic nitrogens is 4. The van der Waals surface area contributed by atoms with Crippen molar-refractivity contribution in [1.82, 2.24) is 19.6 Å². The van der Waals surface area contributed by atoms with Crippen molar-refractivity contribution in [3.05, 3.63) is 63.5 Å². The van der Waals surface area contributed by atoms with Crippen LogP contribution in [-0.2, 0) is 17.9 Å². The van der Waals surface area contributed by atoms with Gasteiger partial charge in [-0.25, -0.2) is 0 Å². The fourth-order valence-electron chi connectivity index (χ4n) is 2.92. The number of nitrogens with zero attached hydrogens (tertiary/aromatic N) is 4. The summed E-state index contributed by atoms with van der Waals surface area (Å²) in [5, 5.41) is 11.8. The van der Waals surface area contributed by atoms with Gasteiger partial charge in [0.15, 0.2) is 5.82 Å². The number of hydrogen-bond acceptors (Lipinski definition) is 3. The molecule has 27 heavy (non-hydrogen) atoms. The molecule has 0 fully saturated rings. The molecule has 1 N–H and O–H groups in total. The van der Waals surface area contributed by atoms with Gasteiger partial charge in [0.05, 0.1) is 29.2 Å². The molecule has 1 amide bonds. The number of halogens is 1. The monoisotopic (exact) mass is 429 g/mol. The van der Waals surface area contributed by atoms with Crippen LogP contribution in [0.2, 0.25) is 0 Å². The molecule has 6 nitrogen and oxygen atoms in total. The molecule has 0 saturated carbocycles. The maximum absolute atomic E-state index is 12.5. The van der Waals surface area contributed by atoms with E-state index in [4.69, 9.17) is 0 Å². The predicted octanol–water partition coefficient (Wildman–Crippen LogP) is 4.09. The summed E-state index contributed by atoms with van der Waals surface area (Å²) in [5.74, 6) is 0.270. The maximum atomic E-state index is 12.5. The number of aryl methyl sites for hydroxylation is 2. The van der Waals surface area contributed by atoms with Crippen LogP contribution in [0.15, 0.2) is 41.0 Å². The highest BCUT2D eigenvalue weighted by molar-refractivity contribution is 9.10. The lowest BCUT2D eigenvalue weighted by atomic mass is 10.1. The van der Waals surface area contributed by atoms with E-state index in [9.17, 15) is 4.79 Å². The zero-order valence-corrected chi connectivity index (χ0v) is 17.6. The molecule has 2 heterocycles. The molecule has 0 aliphatic heterocycles. The summed E-state index contributed by atoms with van der Waals surface area (Å²) in [6.07, 6.45) is 1.88. The zero-order valence-electron chi connectivity index (χ0n) is 16.0. The van der Waals surface area contributed by atoms with Crippen molar-refractivity contribution < 1.29 is 4.79 Å². The van der Waals surface area contributed by atoms with E-state index >= 15 is 0 Å². The molecular formula is C20H24BrN5O. The zero-order chi connectivity index (χ0) is 19.6. The second kappa shape index (κ2) is 8.08. The van der Waals surface area contributed by atoms with E-state index in [-0.39, 0.29) is 11.8 Å². The molecule has 142 valence electrons. The standard InChI is InChI=1S/C20H24BrN5O/c1-13-7-5-6-8-17(13)12-25-10-9-18(24-25)22-20(27)14(2)11-26-16(4)19(21)15(3)23-26/h5-10,14H,11-12H2,1-4H3,(H,22,24,27)/t14-/m1/s1. The van der Waals surface area contributed by atoms with Gasteiger partial charge in [0, 0.05) is 18.0 Å². The van der Waals surface area contributed by atoms with E-state index in [0.717, 1.165) is 15.9 Å². The number of amides is 1. The van der Waals surface area contributed by atoms with E-state index < -0.39 is 0 Å². The van der Waals surface area contributed by atoms with Crippen LogP contribution < -0.4 is 5.32 Å². The summed E-state index contributed by atoms with van der Waals surface area (Å²) in [7, 11) is 0. The lowest BCUT2D eigenvalue weighted by molar-refractivity contribution is -0.119. The SMILES string of the molecule is Cc1ccccc1Cn1ccc(NC(=O)[C@H](C)Cn2nc(C)c(Br)c2C)n1. The Kier molecular flexibility index (Phi) is 5.79. The van der Waals surface area contributed by atoms with Crippen molar-refractivity contribution in [3.63, 3.8) is 0 Å². The van der Waals surface area contributed by atoms with Crippen molar-refractivity contribution in [1.29, 1.82) is 0 Å². The third-order valence-electron chi connectivity index (χ3n) is 4.67. The molecule has 1 aromatic carbocycles. The molecular weight excluding hydrogens is 406 g/mol. The number of carbonyl (C=O) groups is 1. The fraction of sp³-hybridized carbons (Fsp3) is 0.350. The molecule has 0 bridgehead atoms. The van der Waals surface area contributed by atoms with Gasteiger partial charge in [0.1, 0.15) is 0 Å². The highest BCUT2D eigenvalue weighted by Gasteiger charge is 2.18. The number of carbonyl (C=O) groups excluding carboxylic acids is 1. The molecule has 0 unspecified atom stereocenters. The molecule has 1 atom stereocenters. The highest BCUT2D eigenvalue weighted by Crippen LogP contribution is 2.21. The maximum Gasteiger partial charge on any atom is 0.230 e. The molecule has 0 saturated heterocycles. The molecule has 0 aliphatic carbocycles. The van der Waals surface area contributed by atoms with Crippen LogP contribution in [0.1, 0.15) is 29.4 Å². The largest absolute Gasteiger partial charge is 0.309 e. The van der Waals surface area contributed by atoms with Crippen LogP contribution >= 0.6 is 15.9 Å². The summed E-state index contributed by atoms with van der Waals surface area (Å²) < 4.78 is 4.69. The Hall–Kier alpha value is -2.41. The van der Waals surface area contributed by atoms with Gasteiger partial charge in [-0.05, 0) is 47.8 Å². The number of rotatable bonds is 6. The fourth-order valence-corrected chi connectivity index (χ4v) is 3.21. The van der Waals surface area contributed by atoms with Crippen molar-refractivity contribution in [3.8, 4) is 0 Å². The first kappa shape index (κ1) is 19.4. The van der Waals surface area contributed by atoms with Gasteiger partial charge >= 0.3 is 0 Å². The number of nitrogens with one attached hydrogen (secondary N) is 1. The van der Waals surface area contributed by atoms with Crippen molar-refractivity contribution in [2.24, 2.45) is 5.92 Å². The highest BCUT2D eigenvalue weighted by atomic mass is 79.9. The van der Waals surface area contributed by atoms with Crippen molar-refractivity contribution >= 4 is 27.7 Å². The molecule has 0 radical (unpaired) electrons. The van der Waals surface area contributed by atoms with Gasteiger partial charge in [0.25, 0.3) is 0 Å². The van der Waals surface area contributed by atoms with Crippen molar-refractivity contribution in [2.45, 2.75) is 40.8 Å². The van der Waals surface area contributed by atoms with E-state index in [1.165, 1.54) is 11.1 Å². The molecule has 2 aromatic heterocycles. The summed E-state index contributed by atoms with van der Waals surface area (Å²) in [6.45, 7) is 9.11. The Morgan fingerprint density at radius 1 is 1.19 bits per heavy atom. The van der Waals surface area contributed by atoms with E-state index in [1.54, 1.807) is 0 Å². The quantitative estimate of drug-likeness (QED) is 0.641. The normalized spacial score (nSPS) is 12.2. The molecule has 0 aliphatic rings. The number of benzene rings is 1. The Morgan fingerprint density at radius 2 is 1.93 bits per heavy atom. The average Bonchev–Trinajstić information content (AvgIpc) is 3.17. The molecule has 7 heteroatoms. The lowest BCUT2D eigenvalue weighted by Gasteiger charge is -2.12. The minimum atomic E-state index is -0.226. The Morgan fingerprint density at radius 3 is 2.59 bits per heavy atom. The van der Waals surface area contributed by atoms with Crippen LogP contribution in [0.3, 0.4) is 0 Å². The van der Waals surface area contributed by atoms with Crippen LogP contribution in [0.5, 0.6) is 0 Å². The van der Waals surface area contributed by atoms with Crippen LogP contribution in [0, 0.1) is 26.7 Å². The second-order valence-corrected chi connectivity index (χ2v) is 7.68. The first-order chi connectivity index (χ1) is 12.8. The van der Waals surface area contributed by atoms with Gasteiger partial charge in [-0.2, -0.15) is 10.2 Å². The lowest BCUT2D eigenvalue weighted by Crippen LogP contribution is -2.25.